The van der Waals surface area contributed by atoms with Crippen LogP contribution in [0.2, 0.25) is 0 Å². The largest absolute Gasteiger partial charge is 0.343 e. The third-order valence-electron chi connectivity index (χ3n) is 6.40. The highest BCUT2D eigenvalue weighted by atomic mass is 16.2. The summed E-state index contributed by atoms with van der Waals surface area (Å²) in [6, 6.07) is 6.48. The zero-order chi connectivity index (χ0) is 17.4. The molecular formula is C21H28N2O2. The monoisotopic (exact) mass is 340 g/mol. The predicted molar refractivity (Wildman–Crippen MR) is 98.7 cm³/mol. The number of amides is 2. The molecule has 3 aliphatic rings. The maximum atomic E-state index is 12.9. The van der Waals surface area contributed by atoms with Gasteiger partial charge < -0.3 is 9.80 Å². The second kappa shape index (κ2) is 6.81. The Labute approximate surface area is 150 Å². The average molecular weight is 340 g/mol. The Balaban J connectivity index is 1.36. The van der Waals surface area contributed by atoms with E-state index < -0.39 is 0 Å². The highest BCUT2D eigenvalue weighted by Crippen LogP contribution is 2.44. The summed E-state index contributed by atoms with van der Waals surface area (Å²) >= 11 is 0. The van der Waals surface area contributed by atoms with Crippen LogP contribution in [0.4, 0.5) is 5.69 Å². The van der Waals surface area contributed by atoms with E-state index in [9.17, 15) is 9.59 Å². The third-order valence-corrected chi connectivity index (χ3v) is 6.40. The summed E-state index contributed by atoms with van der Waals surface area (Å²) in [5, 5.41) is 0. The molecule has 0 bridgehead atoms. The van der Waals surface area contributed by atoms with Crippen LogP contribution in [0.5, 0.6) is 0 Å². The smallest absolute Gasteiger partial charge is 0.227 e. The molecule has 4 nitrogen and oxygen atoms in total. The van der Waals surface area contributed by atoms with Gasteiger partial charge in [0.25, 0.3) is 0 Å². The topological polar surface area (TPSA) is 40.6 Å². The number of aryl methyl sites for hydroxylation is 1. The first-order chi connectivity index (χ1) is 12.1. The second-order valence-corrected chi connectivity index (χ2v) is 7.93. The summed E-state index contributed by atoms with van der Waals surface area (Å²) in [6.45, 7) is 4.23. The number of likely N-dealkylation sites (tertiary alicyclic amines) is 1. The Morgan fingerprint density at radius 2 is 1.96 bits per heavy atom. The molecule has 0 spiro atoms. The molecule has 0 saturated carbocycles. The number of carbonyl (C=O) groups excluding carboxylic acids is 2. The van der Waals surface area contributed by atoms with Crippen LogP contribution in [-0.2, 0) is 16.0 Å². The van der Waals surface area contributed by atoms with Gasteiger partial charge in [0.1, 0.15) is 0 Å². The molecule has 1 fully saturated rings. The quantitative estimate of drug-likeness (QED) is 0.845. The van der Waals surface area contributed by atoms with E-state index in [0.717, 1.165) is 45.3 Å². The van der Waals surface area contributed by atoms with Crippen molar-refractivity contribution in [1.82, 2.24) is 4.90 Å². The third kappa shape index (κ3) is 3.19. The van der Waals surface area contributed by atoms with Crippen molar-refractivity contribution in [2.45, 2.75) is 57.8 Å². The molecule has 1 aromatic rings. The molecule has 1 saturated heterocycles. The fourth-order valence-corrected chi connectivity index (χ4v) is 4.94. The molecule has 1 aromatic carbocycles. The first-order valence-electron chi connectivity index (χ1n) is 9.81. The van der Waals surface area contributed by atoms with Gasteiger partial charge in [-0.05, 0) is 61.6 Å². The van der Waals surface area contributed by atoms with Crippen LogP contribution in [-0.4, -0.2) is 36.3 Å². The molecule has 2 heterocycles. The number of hydrogen-bond acceptors (Lipinski definition) is 2. The van der Waals surface area contributed by atoms with Crippen molar-refractivity contribution in [2.24, 2.45) is 5.92 Å². The number of hydrogen-bond donors (Lipinski definition) is 0. The van der Waals surface area contributed by atoms with Gasteiger partial charge in [-0.2, -0.15) is 0 Å². The van der Waals surface area contributed by atoms with E-state index in [4.69, 9.17) is 0 Å². The summed E-state index contributed by atoms with van der Waals surface area (Å²) in [5.74, 6) is 1.61. The van der Waals surface area contributed by atoms with Gasteiger partial charge >= 0.3 is 0 Å². The average Bonchev–Trinajstić information content (AvgIpc) is 3.01. The lowest BCUT2D eigenvalue weighted by molar-refractivity contribution is -0.130. The summed E-state index contributed by atoms with van der Waals surface area (Å²) < 4.78 is 0. The van der Waals surface area contributed by atoms with E-state index in [0.29, 0.717) is 18.3 Å². The molecule has 4 heteroatoms. The Morgan fingerprint density at radius 1 is 1.16 bits per heavy atom. The van der Waals surface area contributed by atoms with Gasteiger partial charge in [-0.25, -0.2) is 0 Å². The van der Waals surface area contributed by atoms with Gasteiger partial charge in [0.2, 0.25) is 11.8 Å². The molecule has 2 amide bonds. The lowest BCUT2D eigenvalue weighted by Crippen LogP contribution is -2.37. The Kier molecular flexibility index (Phi) is 4.53. The zero-order valence-electron chi connectivity index (χ0n) is 15.2. The van der Waals surface area contributed by atoms with Crippen molar-refractivity contribution >= 4 is 17.5 Å². The van der Waals surface area contributed by atoms with E-state index in [1.165, 1.54) is 29.7 Å². The molecular weight excluding hydrogens is 312 g/mol. The Morgan fingerprint density at radius 3 is 2.72 bits per heavy atom. The van der Waals surface area contributed by atoms with Gasteiger partial charge in [0, 0.05) is 44.6 Å². The first kappa shape index (κ1) is 16.6. The van der Waals surface area contributed by atoms with E-state index in [1.807, 2.05) is 4.90 Å². The van der Waals surface area contributed by atoms with Gasteiger partial charge in [-0.3, -0.25) is 9.59 Å². The van der Waals surface area contributed by atoms with Crippen molar-refractivity contribution in [3.05, 3.63) is 29.3 Å². The minimum atomic E-state index is 0.176. The van der Waals surface area contributed by atoms with E-state index in [1.54, 1.807) is 6.92 Å². The summed E-state index contributed by atoms with van der Waals surface area (Å²) in [7, 11) is 0. The maximum absolute atomic E-state index is 12.9. The fourth-order valence-electron chi connectivity index (χ4n) is 4.94. The fraction of sp³-hybridized carbons (Fsp3) is 0.619. The SMILES string of the molecule is CC(=O)N1CCC(CCC(=O)N2CC3CCCc4cccc2c43)CC1. The van der Waals surface area contributed by atoms with Crippen LogP contribution in [0.25, 0.3) is 0 Å². The predicted octanol–water partition coefficient (Wildman–Crippen LogP) is 3.49. The van der Waals surface area contributed by atoms with E-state index >= 15 is 0 Å². The molecule has 25 heavy (non-hydrogen) atoms. The second-order valence-electron chi connectivity index (χ2n) is 7.93. The molecule has 134 valence electrons. The highest BCUT2D eigenvalue weighted by molar-refractivity contribution is 5.96. The van der Waals surface area contributed by atoms with Crippen molar-refractivity contribution in [3.8, 4) is 0 Å². The molecule has 0 radical (unpaired) electrons. The Bertz CT molecular complexity index is 676. The van der Waals surface area contributed by atoms with E-state index in [2.05, 4.69) is 23.1 Å². The lowest BCUT2D eigenvalue weighted by atomic mass is 9.84. The van der Waals surface area contributed by atoms with Gasteiger partial charge in [0.05, 0.1) is 0 Å². The Hall–Kier alpha value is -1.84. The highest BCUT2D eigenvalue weighted by Gasteiger charge is 2.35. The summed E-state index contributed by atoms with van der Waals surface area (Å²) in [5.41, 5.74) is 4.09. The van der Waals surface area contributed by atoms with Crippen molar-refractivity contribution in [3.63, 3.8) is 0 Å². The summed E-state index contributed by atoms with van der Waals surface area (Å²) in [4.78, 5) is 28.3. The zero-order valence-corrected chi connectivity index (χ0v) is 15.2. The van der Waals surface area contributed by atoms with Gasteiger partial charge in [-0.1, -0.05) is 12.1 Å². The van der Waals surface area contributed by atoms with Crippen LogP contribution in [0.1, 0.15) is 62.5 Å². The summed E-state index contributed by atoms with van der Waals surface area (Å²) in [6.07, 6.45) is 7.31. The van der Waals surface area contributed by atoms with Gasteiger partial charge in [-0.15, -0.1) is 0 Å². The minimum absolute atomic E-state index is 0.176. The van der Waals surface area contributed by atoms with E-state index in [-0.39, 0.29) is 11.8 Å². The minimum Gasteiger partial charge on any atom is -0.343 e. The number of piperidine rings is 1. The van der Waals surface area contributed by atoms with Crippen LogP contribution in [0.3, 0.4) is 0 Å². The molecule has 2 aliphatic heterocycles. The number of anilines is 1. The molecule has 1 unspecified atom stereocenters. The van der Waals surface area contributed by atoms with Gasteiger partial charge in [0.15, 0.2) is 0 Å². The lowest BCUT2D eigenvalue weighted by Gasteiger charge is -2.31. The number of nitrogens with zero attached hydrogens (tertiary/aromatic N) is 2. The van der Waals surface area contributed by atoms with Crippen molar-refractivity contribution in [2.75, 3.05) is 24.5 Å². The molecule has 0 N–H and O–H groups in total. The number of benzene rings is 1. The van der Waals surface area contributed by atoms with Crippen molar-refractivity contribution in [1.29, 1.82) is 0 Å². The molecule has 1 aliphatic carbocycles. The maximum Gasteiger partial charge on any atom is 0.227 e. The van der Waals surface area contributed by atoms with Crippen LogP contribution in [0, 0.1) is 5.92 Å². The van der Waals surface area contributed by atoms with Crippen molar-refractivity contribution < 1.29 is 9.59 Å². The number of rotatable bonds is 3. The van der Waals surface area contributed by atoms with Crippen LogP contribution >= 0.6 is 0 Å². The van der Waals surface area contributed by atoms with Crippen LogP contribution < -0.4 is 4.90 Å². The molecule has 4 rings (SSSR count). The molecule has 0 aromatic heterocycles. The standard InChI is InChI=1S/C21H28N2O2/c1-15(24)22-12-10-16(11-13-22)8-9-20(25)23-14-18-6-2-4-17-5-3-7-19(23)21(17)18/h3,5,7,16,18H,2,4,6,8-14H2,1H3. The normalized spacial score (nSPS) is 22.8. The first-order valence-corrected chi connectivity index (χ1v) is 9.81. The molecule has 1 atom stereocenters. The number of carbonyl (C=O) groups is 2. The van der Waals surface area contributed by atoms with Crippen LogP contribution in [0.15, 0.2) is 18.2 Å².